The molecule has 5 aromatic rings. The number of hydrogen-bond donors (Lipinski definition) is 0. The molecule has 0 aliphatic heterocycles. The fourth-order valence-electron chi connectivity index (χ4n) is 3.74. The molecule has 0 fully saturated rings. The summed E-state index contributed by atoms with van der Waals surface area (Å²) in [6, 6.07) is 32.9. The monoisotopic (exact) mass is 350 g/mol. The molecule has 0 nitrogen and oxygen atoms in total. The molecule has 0 aliphatic carbocycles. The number of aryl methyl sites for hydroxylation is 1. The van der Waals surface area contributed by atoms with Gasteiger partial charge in [0.1, 0.15) is 0 Å². The lowest BCUT2D eigenvalue weighted by molar-refractivity contribution is 1.46. The minimum atomic E-state index is 1.27. The molecular weight excluding hydrogens is 332 g/mol. The fraction of sp³-hybridized carbons (Fsp3) is 0.0400. The first kappa shape index (κ1) is 15.4. The van der Waals surface area contributed by atoms with Crippen LogP contribution < -0.4 is 0 Å². The quantitative estimate of drug-likeness (QED) is 0.306. The van der Waals surface area contributed by atoms with E-state index in [1.54, 1.807) is 0 Å². The maximum Gasteiger partial charge on any atom is 0.0361 e. The van der Waals surface area contributed by atoms with E-state index in [0.717, 1.165) is 0 Å². The van der Waals surface area contributed by atoms with Crippen molar-refractivity contribution in [1.29, 1.82) is 0 Å². The standard InChI is InChI=1S/C25H18S/c1-17-7-2-3-8-20(17)18-13-15-19(16-14-18)21-10-6-12-24-25(21)22-9-4-5-11-23(22)26-24/h2-16H,1H3. The van der Waals surface area contributed by atoms with E-state index in [1.165, 1.54) is 48.0 Å². The highest BCUT2D eigenvalue weighted by Crippen LogP contribution is 2.40. The molecule has 0 N–H and O–H groups in total. The third kappa shape index (κ3) is 2.44. The van der Waals surface area contributed by atoms with Gasteiger partial charge in [-0.1, -0.05) is 78.9 Å². The first-order valence-corrected chi connectivity index (χ1v) is 9.69. The van der Waals surface area contributed by atoms with Crippen molar-refractivity contribution in [2.24, 2.45) is 0 Å². The van der Waals surface area contributed by atoms with Gasteiger partial charge in [0.05, 0.1) is 0 Å². The molecule has 0 aliphatic rings. The maximum atomic E-state index is 2.25. The molecular formula is C25H18S. The van der Waals surface area contributed by atoms with Crippen molar-refractivity contribution in [3.8, 4) is 22.3 Å². The van der Waals surface area contributed by atoms with E-state index in [-0.39, 0.29) is 0 Å². The smallest absolute Gasteiger partial charge is 0.0361 e. The van der Waals surface area contributed by atoms with E-state index in [1.807, 2.05) is 11.3 Å². The van der Waals surface area contributed by atoms with Crippen LogP contribution in [0.5, 0.6) is 0 Å². The minimum Gasteiger partial charge on any atom is -0.135 e. The zero-order chi connectivity index (χ0) is 17.5. The summed E-state index contributed by atoms with van der Waals surface area (Å²) in [5.41, 5.74) is 6.48. The summed E-state index contributed by atoms with van der Waals surface area (Å²) in [5, 5.41) is 2.72. The summed E-state index contributed by atoms with van der Waals surface area (Å²) in [5.74, 6) is 0. The van der Waals surface area contributed by atoms with Gasteiger partial charge >= 0.3 is 0 Å². The van der Waals surface area contributed by atoms with E-state index in [4.69, 9.17) is 0 Å². The summed E-state index contributed by atoms with van der Waals surface area (Å²) in [6.45, 7) is 2.17. The lowest BCUT2D eigenvalue weighted by Crippen LogP contribution is -1.84. The maximum absolute atomic E-state index is 2.25. The summed E-state index contributed by atoms with van der Waals surface area (Å²) in [7, 11) is 0. The zero-order valence-corrected chi connectivity index (χ0v) is 15.4. The van der Waals surface area contributed by atoms with Crippen molar-refractivity contribution >= 4 is 31.5 Å². The van der Waals surface area contributed by atoms with Crippen LogP contribution in [0.2, 0.25) is 0 Å². The molecule has 1 aromatic heterocycles. The molecule has 124 valence electrons. The molecule has 1 heteroatoms. The van der Waals surface area contributed by atoms with E-state index in [9.17, 15) is 0 Å². The van der Waals surface area contributed by atoms with Crippen molar-refractivity contribution in [2.45, 2.75) is 6.92 Å². The molecule has 1 heterocycles. The van der Waals surface area contributed by atoms with Crippen LogP contribution in [0.4, 0.5) is 0 Å². The number of fused-ring (bicyclic) bond motifs is 3. The van der Waals surface area contributed by atoms with Gasteiger partial charge in [-0.3, -0.25) is 0 Å². The van der Waals surface area contributed by atoms with Crippen molar-refractivity contribution in [2.75, 3.05) is 0 Å². The predicted molar refractivity (Wildman–Crippen MR) is 115 cm³/mol. The summed E-state index contributed by atoms with van der Waals surface area (Å²) in [4.78, 5) is 0. The van der Waals surface area contributed by atoms with E-state index < -0.39 is 0 Å². The third-order valence-corrected chi connectivity index (χ3v) is 6.19. The number of rotatable bonds is 2. The van der Waals surface area contributed by atoms with Crippen LogP contribution in [0.15, 0.2) is 91.0 Å². The first-order valence-electron chi connectivity index (χ1n) is 8.88. The largest absolute Gasteiger partial charge is 0.135 e. The van der Waals surface area contributed by atoms with E-state index >= 15 is 0 Å². The van der Waals surface area contributed by atoms with E-state index in [2.05, 4.69) is 97.9 Å². The summed E-state index contributed by atoms with van der Waals surface area (Å²) in [6.07, 6.45) is 0. The SMILES string of the molecule is Cc1ccccc1-c1ccc(-c2cccc3sc4ccccc4c23)cc1. The van der Waals surface area contributed by atoms with Gasteiger partial charge in [0.25, 0.3) is 0 Å². The van der Waals surface area contributed by atoms with Gasteiger partial charge in [-0.25, -0.2) is 0 Å². The third-order valence-electron chi connectivity index (χ3n) is 5.05. The molecule has 4 aromatic carbocycles. The lowest BCUT2D eigenvalue weighted by atomic mass is 9.95. The Labute approximate surface area is 157 Å². The average molecular weight is 350 g/mol. The minimum absolute atomic E-state index is 1.27. The van der Waals surface area contributed by atoms with Gasteiger partial charge in [-0.15, -0.1) is 11.3 Å². The molecule has 26 heavy (non-hydrogen) atoms. The first-order chi connectivity index (χ1) is 12.8. The second-order valence-electron chi connectivity index (χ2n) is 6.67. The Kier molecular flexibility index (Phi) is 3.62. The van der Waals surface area contributed by atoms with Crippen molar-refractivity contribution in [3.05, 3.63) is 96.6 Å². The molecule has 0 saturated carbocycles. The molecule has 0 amide bonds. The molecule has 0 radical (unpaired) electrons. The van der Waals surface area contributed by atoms with Gasteiger partial charge in [0.15, 0.2) is 0 Å². The Hall–Kier alpha value is -2.90. The second kappa shape index (κ2) is 6.12. The number of benzene rings is 4. The Morgan fingerprint density at radius 3 is 1.96 bits per heavy atom. The van der Waals surface area contributed by atoms with Crippen LogP contribution >= 0.6 is 11.3 Å². The van der Waals surface area contributed by atoms with Gasteiger partial charge in [-0.05, 0) is 46.9 Å². The molecule has 0 atom stereocenters. The van der Waals surface area contributed by atoms with Crippen molar-refractivity contribution < 1.29 is 0 Å². The normalized spacial score (nSPS) is 11.3. The zero-order valence-electron chi connectivity index (χ0n) is 14.6. The van der Waals surface area contributed by atoms with Crippen molar-refractivity contribution in [1.82, 2.24) is 0 Å². The van der Waals surface area contributed by atoms with Crippen LogP contribution in [0.3, 0.4) is 0 Å². The Bertz CT molecular complexity index is 1230. The highest BCUT2D eigenvalue weighted by atomic mass is 32.1. The average Bonchev–Trinajstić information content (AvgIpc) is 3.07. The van der Waals surface area contributed by atoms with Crippen LogP contribution in [0.25, 0.3) is 42.4 Å². The van der Waals surface area contributed by atoms with Crippen LogP contribution in [-0.2, 0) is 0 Å². The molecule has 0 saturated heterocycles. The topological polar surface area (TPSA) is 0 Å². The summed E-state index contributed by atoms with van der Waals surface area (Å²) >= 11 is 1.87. The number of hydrogen-bond acceptors (Lipinski definition) is 1. The molecule has 5 rings (SSSR count). The van der Waals surface area contributed by atoms with Gasteiger partial charge < -0.3 is 0 Å². The van der Waals surface area contributed by atoms with Gasteiger partial charge in [0, 0.05) is 20.2 Å². The van der Waals surface area contributed by atoms with Crippen LogP contribution in [-0.4, -0.2) is 0 Å². The van der Waals surface area contributed by atoms with Crippen LogP contribution in [0.1, 0.15) is 5.56 Å². The van der Waals surface area contributed by atoms with Crippen molar-refractivity contribution in [3.63, 3.8) is 0 Å². The van der Waals surface area contributed by atoms with Gasteiger partial charge in [-0.2, -0.15) is 0 Å². The Morgan fingerprint density at radius 1 is 0.538 bits per heavy atom. The lowest BCUT2D eigenvalue weighted by Gasteiger charge is -2.09. The predicted octanol–water partition coefficient (Wildman–Crippen LogP) is 7.70. The summed E-state index contributed by atoms with van der Waals surface area (Å²) < 4.78 is 2.71. The Balaban J connectivity index is 1.68. The van der Waals surface area contributed by atoms with Crippen LogP contribution in [0, 0.1) is 6.92 Å². The van der Waals surface area contributed by atoms with Gasteiger partial charge in [0.2, 0.25) is 0 Å². The Morgan fingerprint density at radius 2 is 1.15 bits per heavy atom. The second-order valence-corrected chi connectivity index (χ2v) is 7.75. The highest BCUT2D eigenvalue weighted by molar-refractivity contribution is 7.25. The van der Waals surface area contributed by atoms with E-state index in [0.29, 0.717) is 0 Å². The molecule has 0 unspecified atom stereocenters. The fourth-order valence-corrected chi connectivity index (χ4v) is 4.87. The number of thiophene rings is 1. The molecule has 0 spiro atoms. The highest BCUT2D eigenvalue weighted by Gasteiger charge is 2.10. The molecule has 0 bridgehead atoms.